The predicted octanol–water partition coefficient (Wildman–Crippen LogP) is 3.27. The molecule has 132 valence electrons. The van der Waals surface area contributed by atoms with Gasteiger partial charge in [-0.05, 0) is 43.2 Å². The Bertz CT molecular complexity index is 771. The van der Waals surface area contributed by atoms with Crippen molar-refractivity contribution in [2.75, 3.05) is 38.4 Å². The number of carbonyl (C=O) groups is 1. The van der Waals surface area contributed by atoms with Crippen molar-refractivity contribution >= 4 is 23.0 Å². The number of hydrogen-bond donors (Lipinski definition) is 2. The number of ether oxygens (including phenoxy) is 2. The van der Waals surface area contributed by atoms with Crippen LogP contribution in [0.3, 0.4) is 0 Å². The molecule has 0 spiro atoms. The first kappa shape index (κ1) is 17.0. The van der Waals surface area contributed by atoms with Crippen LogP contribution < -0.4 is 20.5 Å². The standard InChI is InChI=1S/C19H23N3O3/c1-24-14-6-8-18(25-2)17(12-14)21-16-7-5-13(20)11-15(16)19(23)22-9-3-4-10-22/h5-8,11-12,21H,3-4,9-10,20H2,1-2H3. The van der Waals surface area contributed by atoms with Crippen molar-refractivity contribution in [1.29, 1.82) is 0 Å². The van der Waals surface area contributed by atoms with E-state index in [1.807, 2.05) is 29.2 Å². The molecule has 0 aromatic heterocycles. The number of carbonyl (C=O) groups excluding carboxylic acids is 1. The van der Waals surface area contributed by atoms with E-state index in [1.165, 1.54) is 0 Å². The minimum absolute atomic E-state index is 0.00540. The van der Waals surface area contributed by atoms with Gasteiger partial charge in [0.05, 0.1) is 31.2 Å². The summed E-state index contributed by atoms with van der Waals surface area (Å²) in [7, 11) is 3.21. The number of benzene rings is 2. The minimum Gasteiger partial charge on any atom is -0.497 e. The van der Waals surface area contributed by atoms with Crippen LogP contribution in [0.5, 0.6) is 11.5 Å². The fourth-order valence-corrected chi connectivity index (χ4v) is 3.00. The third kappa shape index (κ3) is 3.63. The average molecular weight is 341 g/mol. The first-order valence-corrected chi connectivity index (χ1v) is 8.30. The lowest BCUT2D eigenvalue weighted by Gasteiger charge is -2.20. The Hall–Kier alpha value is -2.89. The number of methoxy groups -OCH3 is 2. The van der Waals surface area contributed by atoms with Crippen LogP contribution in [-0.2, 0) is 0 Å². The number of anilines is 3. The first-order valence-electron chi connectivity index (χ1n) is 8.30. The Labute approximate surface area is 147 Å². The van der Waals surface area contributed by atoms with Gasteiger partial charge < -0.3 is 25.4 Å². The van der Waals surface area contributed by atoms with Crippen LogP contribution >= 0.6 is 0 Å². The molecule has 0 unspecified atom stereocenters. The molecule has 1 heterocycles. The van der Waals surface area contributed by atoms with Crippen LogP contribution in [0.1, 0.15) is 23.2 Å². The van der Waals surface area contributed by atoms with Gasteiger partial charge in [-0.15, -0.1) is 0 Å². The van der Waals surface area contributed by atoms with Gasteiger partial charge in [0.25, 0.3) is 5.91 Å². The molecule has 1 amide bonds. The summed E-state index contributed by atoms with van der Waals surface area (Å²) in [4.78, 5) is 14.7. The predicted molar refractivity (Wildman–Crippen MR) is 98.8 cm³/mol. The molecular formula is C19H23N3O3. The molecule has 1 saturated heterocycles. The van der Waals surface area contributed by atoms with Crippen LogP contribution in [-0.4, -0.2) is 38.1 Å². The lowest BCUT2D eigenvalue weighted by atomic mass is 10.1. The molecule has 0 atom stereocenters. The van der Waals surface area contributed by atoms with Gasteiger partial charge in [0.2, 0.25) is 0 Å². The van der Waals surface area contributed by atoms with E-state index in [2.05, 4.69) is 5.32 Å². The Morgan fingerprint density at radius 3 is 2.48 bits per heavy atom. The summed E-state index contributed by atoms with van der Waals surface area (Å²) >= 11 is 0. The summed E-state index contributed by atoms with van der Waals surface area (Å²) in [5.74, 6) is 1.36. The maximum Gasteiger partial charge on any atom is 0.256 e. The van der Waals surface area contributed by atoms with Crippen molar-refractivity contribution in [3.05, 3.63) is 42.0 Å². The second kappa shape index (κ2) is 7.34. The Morgan fingerprint density at radius 2 is 1.80 bits per heavy atom. The van der Waals surface area contributed by atoms with Gasteiger partial charge in [0.15, 0.2) is 0 Å². The zero-order chi connectivity index (χ0) is 17.8. The monoisotopic (exact) mass is 341 g/mol. The molecule has 2 aromatic rings. The SMILES string of the molecule is COc1ccc(OC)c(Nc2ccc(N)cc2C(=O)N2CCCC2)c1. The number of nitrogens with one attached hydrogen (secondary N) is 1. The highest BCUT2D eigenvalue weighted by Crippen LogP contribution is 2.33. The smallest absolute Gasteiger partial charge is 0.256 e. The number of likely N-dealkylation sites (tertiary alicyclic amines) is 1. The van der Waals surface area contributed by atoms with E-state index in [0.29, 0.717) is 28.4 Å². The normalized spacial score (nSPS) is 13.6. The molecule has 0 saturated carbocycles. The number of hydrogen-bond acceptors (Lipinski definition) is 5. The zero-order valence-electron chi connectivity index (χ0n) is 14.5. The molecule has 1 aliphatic rings. The highest BCUT2D eigenvalue weighted by atomic mass is 16.5. The minimum atomic E-state index is -0.00540. The van der Waals surface area contributed by atoms with Gasteiger partial charge in [-0.1, -0.05) is 0 Å². The van der Waals surface area contributed by atoms with E-state index in [4.69, 9.17) is 15.2 Å². The Morgan fingerprint density at radius 1 is 1.04 bits per heavy atom. The van der Waals surface area contributed by atoms with E-state index in [1.54, 1.807) is 26.4 Å². The van der Waals surface area contributed by atoms with Crippen molar-refractivity contribution < 1.29 is 14.3 Å². The second-order valence-electron chi connectivity index (χ2n) is 6.00. The third-order valence-corrected chi connectivity index (χ3v) is 4.34. The first-order chi connectivity index (χ1) is 12.1. The van der Waals surface area contributed by atoms with E-state index in [9.17, 15) is 4.79 Å². The van der Waals surface area contributed by atoms with Crippen molar-refractivity contribution in [2.24, 2.45) is 0 Å². The van der Waals surface area contributed by atoms with Gasteiger partial charge in [0.1, 0.15) is 11.5 Å². The number of nitrogens with zero attached hydrogens (tertiary/aromatic N) is 1. The Kier molecular flexibility index (Phi) is 4.97. The summed E-state index contributed by atoms with van der Waals surface area (Å²) in [6, 6.07) is 10.8. The quantitative estimate of drug-likeness (QED) is 0.816. The molecule has 6 nitrogen and oxygen atoms in total. The zero-order valence-corrected chi connectivity index (χ0v) is 14.5. The van der Waals surface area contributed by atoms with E-state index in [0.717, 1.165) is 31.6 Å². The summed E-state index contributed by atoms with van der Waals surface area (Å²) in [5.41, 5.74) is 8.45. The highest BCUT2D eigenvalue weighted by Gasteiger charge is 2.22. The van der Waals surface area contributed by atoms with Gasteiger partial charge in [-0.2, -0.15) is 0 Å². The molecule has 1 aliphatic heterocycles. The molecular weight excluding hydrogens is 318 g/mol. The summed E-state index contributed by atoms with van der Waals surface area (Å²) in [6.07, 6.45) is 2.08. The van der Waals surface area contributed by atoms with Crippen molar-refractivity contribution in [3.8, 4) is 11.5 Å². The van der Waals surface area contributed by atoms with Crippen LogP contribution in [0.2, 0.25) is 0 Å². The lowest BCUT2D eigenvalue weighted by molar-refractivity contribution is 0.0794. The summed E-state index contributed by atoms with van der Waals surface area (Å²) in [5, 5.41) is 3.29. The topological polar surface area (TPSA) is 76.8 Å². The average Bonchev–Trinajstić information content (AvgIpc) is 3.17. The molecule has 0 aliphatic carbocycles. The maximum atomic E-state index is 12.9. The molecule has 2 aromatic carbocycles. The van der Waals surface area contributed by atoms with Crippen LogP contribution in [0, 0.1) is 0 Å². The molecule has 25 heavy (non-hydrogen) atoms. The Balaban J connectivity index is 1.96. The van der Waals surface area contributed by atoms with E-state index >= 15 is 0 Å². The number of rotatable bonds is 5. The molecule has 6 heteroatoms. The fraction of sp³-hybridized carbons (Fsp3) is 0.316. The third-order valence-electron chi connectivity index (χ3n) is 4.34. The maximum absolute atomic E-state index is 12.9. The molecule has 1 fully saturated rings. The van der Waals surface area contributed by atoms with Gasteiger partial charge in [-0.3, -0.25) is 4.79 Å². The molecule has 0 bridgehead atoms. The molecule has 0 radical (unpaired) electrons. The lowest BCUT2D eigenvalue weighted by Crippen LogP contribution is -2.28. The van der Waals surface area contributed by atoms with Gasteiger partial charge in [-0.25, -0.2) is 0 Å². The van der Waals surface area contributed by atoms with Gasteiger partial charge in [0, 0.05) is 24.8 Å². The van der Waals surface area contributed by atoms with Crippen molar-refractivity contribution in [3.63, 3.8) is 0 Å². The fourth-order valence-electron chi connectivity index (χ4n) is 3.00. The molecule has 3 N–H and O–H groups in total. The van der Waals surface area contributed by atoms with Crippen molar-refractivity contribution in [1.82, 2.24) is 4.90 Å². The summed E-state index contributed by atoms with van der Waals surface area (Å²) < 4.78 is 10.7. The van der Waals surface area contributed by atoms with E-state index in [-0.39, 0.29) is 5.91 Å². The highest BCUT2D eigenvalue weighted by molar-refractivity contribution is 6.01. The van der Waals surface area contributed by atoms with Crippen molar-refractivity contribution in [2.45, 2.75) is 12.8 Å². The number of amides is 1. The van der Waals surface area contributed by atoms with Crippen LogP contribution in [0.15, 0.2) is 36.4 Å². The summed E-state index contributed by atoms with van der Waals surface area (Å²) in [6.45, 7) is 1.57. The van der Waals surface area contributed by atoms with Crippen LogP contribution in [0.25, 0.3) is 0 Å². The van der Waals surface area contributed by atoms with E-state index < -0.39 is 0 Å². The number of nitrogen functional groups attached to an aromatic ring is 1. The largest absolute Gasteiger partial charge is 0.497 e. The molecule has 3 rings (SSSR count). The van der Waals surface area contributed by atoms with Crippen LogP contribution in [0.4, 0.5) is 17.1 Å². The number of nitrogens with two attached hydrogens (primary N) is 1. The van der Waals surface area contributed by atoms with Gasteiger partial charge >= 0.3 is 0 Å². The second-order valence-corrected chi connectivity index (χ2v) is 6.00.